The summed E-state index contributed by atoms with van der Waals surface area (Å²) in [5.41, 5.74) is 4.12. The first-order chi connectivity index (χ1) is 22.5. The van der Waals surface area contributed by atoms with Gasteiger partial charge in [0.25, 0.3) is 0 Å². The minimum atomic E-state index is -2.42. The van der Waals surface area contributed by atoms with Gasteiger partial charge in [-0.1, -0.05) is 5.92 Å². The third kappa shape index (κ3) is 4.55. The van der Waals surface area contributed by atoms with Crippen LogP contribution in [0.2, 0.25) is 0 Å². The van der Waals surface area contributed by atoms with Crippen LogP contribution in [0, 0.1) is 35.7 Å². The summed E-state index contributed by atoms with van der Waals surface area (Å²) in [4.78, 5) is 17.2. The first-order valence-corrected chi connectivity index (χ1v) is 15.0. The molecule has 8 nitrogen and oxygen atoms in total. The molecule has 4 fully saturated rings. The van der Waals surface area contributed by atoms with Crippen LogP contribution in [0.5, 0.6) is 6.01 Å². The van der Waals surface area contributed by atoms with Crippen LogP contribution in [-0.4, -0.2) is 77.0 Å². The van der Waals surface area contributed by atoms with Gasteiger partial charge in [-0.25, -0.2) is 17.6 Å². The van der Waals surface area contributed by atoms with Gasteiger partial charge < -0.3 is 20.1 Å². The number of fused-ring (bicyclic) bond motifs is 4. The fraction of sp³-hybridized carbons (Fsp3) is 0.424. The number of nitrogens with zero attached hydrogens (tertiary/aromatic N) is 5. The van der Waals surface area contributed by atoms with Crippen molar-refractivity contribution in [1.29, 1.82) is 0 Å². The maximum absolute atomic E-state index is 16.9. The van der Waals surface area contributed by atoms with Crippen LogP contribution in [-0.2, 0) is 4.74 Å². The highest BCUT2D eigenvalue weighted by Gasteiger charge is 2.49. The Labute approximate surface area is 259 Å². The topological polar surface area (TPSA) is 89.6 Å². The van der Waals surface area contributed by atoms with Crippen LogP contribution in [0.15, 0.2) is 24.4 Å². The number of hydrogen-bond acceptors (Lipinski definition) is 8. The third-order valence-corrected chi connectivity index (χ3v) is 9.50. The van der Waals surface area contributed by atoms with Gasteiger partial charge in [0.05, 0.1) is 32.4 Å². The van der Waals surface area contributed by atoms with Gasteiger partial charge in [-0.15, -0.1) is 6.42 Å². The number of anilines is 2. The maximum atomic E-state index is 16.9. The van der Waals surface area contributed by atoms with E-state index in [1.807, 2.05) is 4.90 Å². The standard InChI is InChI=1S/C33H30F4N6O2/c1-2-21-26-17(9-24(35)27(21)36)8-20(38)11-22(26)29-28(37)30-23(13-39-29)31(43-6-7-44-15-18-10-25(18)43)41-32(40-30)45-16-33-4-3-5-42(33)14-19(34)12-33/h1,8-9,11,13,18-19,25H,3-7,10,12,14-16,38H2/t18-,19+,25-,33-/m0/s1/i16D2. The van der Waals surface area contributed by atoms with Crippen molar-refractivity contribution in [3.63, 3.8) is 0 Å². The maximum Gasteiger partial charge on any atom is 0.319 e. The number of hydrogen-bond donors (Lipinski definition) is 1. The van der Waals surface area contributed by atoms with Crippen molar-refractivity contribution in [2.75, 3.05) is 50.0 Å². The van der Waals surface area contributed by atoms with Gasteiger partial charge in [-0.2, -0.15) is 9.97 Å². The first-order valence-electron chi connectivity index (χ1n) is 16.0. The lowest BCUT2D eigenvalue weighted by atomic mass is 9.95. The average Bonchev–Trinajstić information content (AvgIpc) is 3.60. The molecule has 0 amide bonds. The molecule has 0 spiro atoms. The van der Waals surface area contributed by atoms with E-state index in [9.17, 15) is 13.2 Å². The van der Waals surface area contributed by atoms with Crippen LogP contribution >= 0.6 is 0 Å². The molecule has 8 rings (SSSR count). The van der Waals surface area contributed by atoms with E-state index in [1.54, 1.807) is 4.90 Å². The lowest BCUT2D eigenvalue weighted by Crippen LogP contribution is -2.43. The van der Waals surface area contributed by atoms with E-state index in [1.165, 1.54) is 18.3 Å². The number of rotatable bonds is 5. The summed E-state index contributed by atoms with van der Waals surface area (Å²) >= 11 is 0. The minimum absolute atomic E-state index is 0.0232. The number of pyridine rings is 1. The van der Waals surface area contributed by atoms with Crippen molar-refractivity contribution in [3.8, 4) is 29.6 Å². The zero-order valence-corrected chi connectivity index (χ0v) is 24.1. The summed E-state index contributed by atoms with van der Waals surface area (Å²) < 4.78 is 90.5. The number of nitrogen functional groups attached to an aromatic ring is 1. The quantitative estimate of drug-likeness (QED) is 0.189. The molecule has 2 N–H and O–H groups in total. The molecule has 3 aliphatic heterocycles. The van der Waals surface area contributed by atoms with Gasteiger partial charge in [-0.05, 0) is 49.4 Å². The molecule has 232 valence electrons. The molecule has 2 aromatic carbocycles. The van der Waals surface area contributed by atoms with E-state index >= 15 is 4.39 Å². The number of aromatic nitrogens is 3. The first kappa shape index (κ1) is 26.1. The van der Waals surface area contributed by atoms with Crippen molar-refractivity contribution in [2.24, 2.45) is 5.92 Å². The highest BCUT2D eigenvalue weighted by atomic mass is 19.2. The number of benzene rings is 2. The smallest absolute Gasteiger partial charge is 0.319 e. The Bertz CT molecular complexity index is 2010. The van der Waals surface area contributed by atoms with Crippen LogP contribution < -0.4 is 15.4 Å². The van der Waals surface area contributed by atoms with Crippen molar-refractivity contribution in [3.05, 3.63) is 47.4 Å². The highest BCUT2D eigenvalue weighted by molar-refractivity contribution is 6.03. The Kier molecular flexibility index (Phi) is 6.03. The van der Waals surface area contributed by atoms with E-state index in [2.05, 4.69) is 20.9 Å². The molecule has 4 atom stereocenters. The van der Waals surface area contributed by atoms with Gasteiger partial charge in [0.2, 0.25) is 0 Å². The summed E-state index contributed by atoms with van der Waals surface area (Å²) in [6, 6.07) is 3.35. The van der Waals surface area contributed by atoms with Crippen molar-refractivity contribution in [1.82, 2.24) is 19.9 Å². The lowest BCUT2D eigenvalue weighted by Gasteiger charge is -2.31. The Morgan fingerprint density at radius 3 is 2.91 bits per heavy atom. The summed E-state index contributed by atoms with van der Waals surface area (Å²) in [5.74, 6) is -0.671. The molecule has 1 aliphatic carbocycles. The third-order valence-electron chi connectivity index (χ3n) is 9.50. The van der Waals surface area contributed by atoms with Gasteiger partial charge in [0.15, 0.2) is 17.5 Å². The minimum Gasteiger partial charge on any atom is -0.461 e. The Morgan fingerprint density at radius 1 is 1.20 bits per heavy atom. The van der Waals surface area contributed by atoms with Gasteiger partial charge in [-0.3, -0.25) is 9.88 Å². The summed E-state index contributed by atoms with van der Waals surface area (Å²) in [6.07, 6.45) is 7.61. The van der Waals surface area contributed by atoms with Crippen molar-refractivity contribution < 1.29 is 29.8 Å². The van der Waals surface area contributed by atoms with Crippen LogP contribution in [0.3, 0.4) is 0 Å². The number of nitrogens with two attached hydrogens (primary N) is 1. The Hall–Kier alpha value is -4.21. The van der Waals surface area contributed by atoms with Gasteiger partial charge >= 0.3 is 6.01 Å². The van der Waals surface area contributed by atoms with E-state index in [0.717, 1.165) is 12.5 Å². The summed E-state index contributed by atoms with van der Waals surface area (Å²) in [5, 5.41) is 0.433. The molecule has 2 aromatic heterocycles. The number of ether oxygens (including phenoxy) is 2. The molecule has 0 radical (unpaired) electrons. The molecule has 0 bridgehead atoms. The van der Waals surface area contributed by atoms with Gasteiger partial charge in [0, 0.05) is 54.3 Å². The normalized spacial score (nSPS) is 27.1. The van der Waals surface area contributed by atoms with E-state index in [4.69, 9.17) is 24.4 Å². The lowest BCUT2D eigenvalue weighted by molar-refractivity contribution is 0.107. The van der Waals surface area contributed by atoms with Crippen LogP contribution in [0.1, 0.15) is 34.0 Å². The largest absolute Gasteiger partial charge is 0.461 e. The van der Waals surface area contributed by atoms with Crippen molar-refractivity contribution >= 4 is 33.2 Å². The van der Waals surface area contributed by atoms with Gasteiger partial charge in [0.1, 0.15) is 29.8 Å². The second kappa shape index (κ2) is 10.4. The predicted octanol–water partition coefficient (Wildman–Crippen LogP) is 5.01. The Balaban J connectivity index is 1.32. The molecular weight excluding hydrogens is 588 g/mol. The van der Waals surface area contributed by atoms with E-state index < -0.39 is 47.3 Å². The fourth-order valence-electron chi connectivity index (χ4n) is 7.32. The average molecular weight is 621 g/mol. The molecule has 4 aromatic rings. The molecule has 5 heterocycles. The molecule has 0 unspecified atom stereocenters. The molecular formula is C33H30F4N6O2. The SMILES string of the molecule is [2H]C([2H])(Oc1nc(N2CCOC[C@@H]3C[C@@H]32)c2cnc(-c3cc(N)cc4cc(F)c(F)c(C#C)c34)c(F)c2n1)[C@@]12CCCN1C[C@H](F)C2. The zero-order valence-electron chi connectivity index (χ0n) is 26.1. The number of terminal acetylenes is 1. The second-order valence-corrected chi connectivity index (χ2v) is 12.3. The molecule has 1 saturated carbocycles. The van der Waals surface area contributed by atoms with E-state index in [0.29, 0.717) is 45.0 Å². The summed E-state index contributed by atoms with van der Waals surface area (Å²) in [6.45, 7) is -0.380. The monoisotopic (exact) mass is 620 g/mol. The number of alkyl halides is 1. The van der Waals surface area contributed by atoms with E-state index in [-0.39, 0.29) is 63.5 Å². The zero-order chi connectivity index (χ0) is 32.8. The second-order valence-electron chi connectivity index (χ2n) is 12.3. The Morgan fingerprint density at radius 2 is 2.07 bits per heavy atom. The molecule has 3 saturated heterocycles. The summed E-state index contributed by atoms with van der Waals surface area (Å²) in [7, 11) is 0. The van der Waals surface area contributed by atoms with Crippen molar-refractivity contribution in [2.45, 2.75) is 43.4 Å². The molecule has 45 heavy (non-hydrogen) atoms. The highest BCUT2D eigenvalue weighted by Crippen LogP contribution is 2.44. The fourth-order valence-corrected chi connectivity index (χ4v) is 7.32. The van der Waals surface area contributed by atoms with Crippen LogP contribution in [0.4, 0.5) is 29.1 Å². The predicted molar refractivity (Wildman–Crippen MR) is 161 cm³/mol. The van der Waals surface area contributed by atoms with Crippen LogP contribution in [0.25, 0.3) is 32.9 Å². The molecule has 12 heteroatoms. The molecule has 4 aliphatic rings. The number of halogens is 4.